The molecule has 2 aliphatic rings. The molecule has 1 saturated heterocycles. The molecule has 4 nitrogen and oxygen atoms in total. The lowest BCUT2D eigenvalue weighted by Crippen LogP contribution is -2.39. The monoisotopic (exact) mass is 408 g/mol. The third-order valence-corrected chi connectivity index (χ3v) is 5.64. The zero-order chi connectivity index (χ0) is 20.9. The number of benzene rings is 1. The van der Waals surface area contributed by atoms with E-state index in [1.54, 1.807) is 0 Å². The fraction of sp³-hybridized carbons (Fsp3) is 0.545. The van der Waals surface area contributed by atoms with Crippen LogP contribution in [0.5, 0.6) is 0 Å². The molecule has 1 atom stereocenters. The molecule has 1 fully saturated rings. The Hall–Kier alpha value is -2.31. The first kappa shape index (κ1) is 21.4. The summed E-state index contributed by atoms with van der Waals surface area (Å²) >= 11 is 0. The number of allylic oxidation sites excluding steroid dienone is 2. The molecule has 1 aliphatic carbocycles. The summed E-state index contributed by atoms with van der Waals surface area (Å²) in [5.41, 5.74) is 1.07. The molecule has 1 unspecified atom stereocenters. The average molecular weight is 408 g/mol. The Kier molecular flexibility index (Phi) is 6.98. The van der Waals surface area contributed by atoms with Crippen molar-refractivity contribution in [3.05, 3.63) is 47.2 Å². The van der Waals surface area contributed by atoms with Gasteiger partial charge in [-0.3, -0.25) is 9.59 Å². The second kappa shape index (κ2) is 9.46. The molecular formula is C22H27F3N2O2. The summed E-state index contributed by atoms with van der Waals surface area (Å²) in [4.78, 5) is 26.5. The highest BCUT2D eigenvalue weighted by atomic mass is 19.4. The van der Waals surface area contributed by atoms with E-state index in [2.05, 4.69) is 11.4 Å². The third-order valence-electron chi connectivity index (χ3n) is 5.64. The van der Waals surface area contributed by atoms with Crippen LogP contribution in [0.4, 0.5) is 13.2 Å². The normalized spacial score (nSPS) is 19.3. The summed E-state index contributed by atoms with van der Waals surface area (Å²) < 4.78 is 37.7. The fourth-order valence-corrected chi connectivity index (χ4v) is 4.08. The van der Waals surface area contributed by atoms with E-state index in [4.69, 9.17) is 0 Å². The zero-order valence-electron chi connectivity index (χ0n) is 16.4. The lowest BCUT2D eigenvalue weighted by Gasteiger charge is -2.38. The molecule has 7 heteroatoms. The van der Waals surface area contributed by atoms with Gasteiger partial charge in [0, 0.05) is 31.6 Å². The number of amides is 2. The predicted octanol–water partition coefficient (Wildman–Crippen LogP) is 4.80. The van der Waals surface area contributed by atoms with Gasteiger partial charge < -0.3 is 10.2 Å². The lowest BCUT2D eigenvalue weighted by atomic mass is 9.85. The van der Waals surface area contributed by atoms with Gasteiger partial charge in [0.05, 0.1) is 5.56 Å². The van der Waals surface area contributed by atoms with Crippen LogP contribution in [0.1, 0.15) is 62.5 Å². The van der Waals surface area contributed by atoms with Crippen molar-refractivity contribution < 1.29 is 22.8 Å². The molecule has 1 heterocycles. The molecule has 1 aromatic rings. The molecule has 158 valence electrons. The van der Waals surface area contributed by atoms with Gasteiger partial charge in [-0.25, -0.2) is 0 Å². The zero-order valence-corrected chi connectivity index (χ0v) is 16.4. The minimum Gasteiger partial charge on any atom is -0.352 e. The van der Waals surface area contributed by atoms with Gasteiger partial charge in [-0.2, -0.15) is 13.2 Å². The molecule has 0 spiro atoms. The summed E-state index contributed by atoms with van der Waals surface area (Å²) in [6.07, 6.45) is 4.41. The van der Waals surface area contributed by atoms with Gasteiger partial charge in [0.2, 0.25) is 11.8 Å². The molecule has 0 aromatic heterocycles. The number of likely N-dealkylation sites (tertiary alicyclic amines) is 1. The Morgan fingerprint density at radius 2 is 1.79 bits per heavy atom. The Balaban J connectivity index is 1.39. The van der Waals surface area contributed by atoms with E-state index >= 15 is 0 Å². The highest BCUT2D eigenvalue weighted by Gasteiger charge is 2.30. The fourth-order valence-electron chi connectivity index (χ4n) is 4.08. The molecule has 0 radical (unpaired) electrons. The van der Waals surface area contributed by atoms with Gasteiger partial charge in [-0.15, -0.1) is 0 Å². The Bertz CT molecular complexity index is 756. The molecule has 0 bridgehead atoms. The van der Waals surface area contributed by atoms with Crippen LogP contribution in [-0.4, -0.2) is 23.3 Å². The molecular weight excluding hydrogens is 381 g/mol. The number of piperidine rings is 1. The molecule has 29 heavy (non-hydrogen) atoms. The molecule has 0 saturated carbocycles. The quantitative estimate of drug-likeness (QED) is 0.735. The number of carbonyl (C=O) groups is 2. The van der Waals surface area contributed by atoms with Crippen LogP contribution in [0, 0.1) is 5.92 Å². The first-order valence-corrected chi connectivity index (χ1v) is 10.3. The van der Waals surface area contributed by atoms with Crippen molar-refractivity contribution in [1.82, 2.24) is 10.2 Å². The maximum atomic E-state index is 12.6. The smallest absolute Gasteiger partial charge is 0.352 e. The summed E-state index contributed by atoms with van der Waals surface area (Å²) in [7, 11) is 0. The number of alkyl halides is 3. The van der Waals surface area contributed by atoms with Gasteiger partial charge in [0.25, 0.3) is 0 Å². The number of hydrogen-bond acceptors (Lipinski definition) is 2. The standard InChI is InChI=1S/C22H27F3N2O2/c23-22(24,25)18-12-10-16(11-13-18)15-26-20(28)8-3-9-21(29)27-14-4-6-17-5-1-2-7-19(17)27/h7,10-13,17H,1-6,8-9,14-15H2,(H,26,28). The highest BCUT2D eigenvalue weighted by Crippen LogP contribution is 2.35. The van der Waals surface area contributed by atoms with Crippen LogP contribution in [-0.2, 0) is 22.3 Å². The van der Waals surface area contributed by atoms with E-state index in [-0.39, 0.29) is 24.8 Å². The van der Waals surface area contributed by atoms with E-state index in [0.717, 1.165) is 44.4 Å². The first-order valence-electron chi connectivity index (χ1n) is 10.3. The van der Waals surface area contributed by atoms with Crippen molar-refractivity contribution in [3.63, 3.8) is 0 Å². The molecule has 3 rings (SSSR count). The summed E-state index contributed by atoms with van der Waals surface area (Å²) in [5, 5.41) is 2.70. The van der Waals surface area contributed by atoms with E-state index in [0.29, 0.717) is 24.3 Å². The van der Waals surface area contributed by atoms with Gasteiger partial charge >= 0.3 is 6.18 Å². The highest BCUT2D eigenvalue weighted by molar-refractivity contribution is 5.80. The predicted molar refractivity (Wildman–Crippen MR) is 104 cm³/mol. The minimum absolute atomic E-state index is 0.0818. The van der Waals surface area contributed by atoms with Gasteiger partial charge in [-0.1, -0.05) is 18.2 Å². The van der Waals surface area contributed by atoms with Gasteiger partial charge in [-0.05, 0) is 62.1 Å². The number of halogens is 3. The van der Waals surface area contributed by atoms with E-state index < -0.39 is 11.7 Å². The van der Waals surface area contributed by atoms with Crippen molar-refractivity contribution in [3.8, 4) is 0 Å². The minimum atomic E-state index is -4.36. The van der Waals surface area contributed by atoms with Crippen molar-refractivity contribution in [2.45, 2.75) is 64.1 Å². The first-order chi connectivity index (χ1) is 13.8. The number of nitrogens with zero attached hydrogens (tertiary/aromatic N) is 1. The van der Waals surface area contributed by atoms with Gasteiger partial charge in [0.15, 0.2) is 0 Å². The maximum Gasteiger partial charge on any atom is 0.416 e. The number of hydrogen-bond donors (Lipinski definition) is 1. The second-order valence-corrected chi connectivity index (χ2v) is 7.77. The van der Waals surface area contributed by atoms with E-state index in [9.17, 15) is 22.8 Å². The van der Waals surface area contributed by atoms with E-state index in [1.807, 2.05) is 4.90 Å². The van der Waals surface area contributed by atoms with Crippen molar-refractivity contribution in [2.24, 2.45) is 5.92 Å². The summed E-state index contributed by atoms with van der Waals surface area (Å²) in [5.74, 6) is 0.387. The van der Waals surface area contributed by atoms with Gasteiger partial charge in [0.1, 0.15) is 0 Å². The van der Waals surface area contributed by atoms with Crippen LogP contribution >= 0.6 is 0 Å². The van der Waals surface area contributed by atoms with Crippen molar-refractivity contribution in [2.75, 3.05) is 6.54 Å². The van der Waals surface area contributed by atoms with Crippen LogP contribution in [0.15, 0.2) is 36.0 Å². The van der Waals surface area contributed by atoms with Crippen molar-refractivity contribution in [1.29, 1.82) is 0 Å². The molecule has 1 N–H and O–H groups in total. The Morgan fingerprint density at radius 1 is 1.07 bits per heavy atom. The maximum absolute atomic E-state index is 12.6. The van der Waals surface area contributed by atoms with E-state index in [1.165, 1.54) is 24.3 Å². The summed E-state index contributed by atoms with van der Waals surface area (Å²) in [6, 6.07) is 4.73. The average Bonchev–Trinajstić information content (AvgIpc) is 2.71. The molecule has 2 amide bonds. The third kappa shape index (κ3) is 5.84. The second-order valence-electron chi connectivity index (χ2n) is 7.77. The van der Waals surface area contributed by atoms with Crippen molar-refractivity contribution >= 4 is 11.8 Å². The number of carbonyl (C=O) groups excluding carboxylic acids is 2. The Morgan fingerprint density at radius 3 is 2.52 bits per heavy atom. The topological polar surface area (TPSA) is 49.4 Å². The Labute approximate surface area is 169 Å². The van der Waals surface area contributed by atoms with Crippen LogP contribution in [0.2, 0.25) is 0 Å². The lowest BCUT2D eigenvalue weighted by molar-refractivity contribution is -0.137. The van der Waals surface area contributed by atoms with Crippen LogP contribution < -0.4 is 5.32 Å². The largest absolute Gasteiger partial charge is 0.416 e. The van der Waals surface area contributed by atoms with Crippen LogP contribution in [0.3, 0.4) is 0 Å². The number of rotatable bonds is 6. The number of fused-ring (bicyclic) bond motifs is 1. The molecule has 1 aliphatic heterocycles. The summed E-state index contributed by atoms with van der Waals surface area (Å²) in [6.45, 7) is 0.937. The molecule has 1 aromatic carbocycles. The SMILES string of the molecule is O=C(CCCC(=O)N1CCCC2CCCC=C21)NCc1ccc(C(F)(F)F)cc1. The number of nitrogens with one attached hydrogen (secondary N) is 1. The van der Waals surface area contributed by atoms with Crippen LogP contribution in [0.25, 0.3) is 0 Å².